The molecule has 1 aromatic rings. The smallest absolute Gasteiger partial charge is 0.127 e. The Morgan fingerprint density at radius 1 is 1.33 bits per heavy atom. The van der Waals surface area contributed by atoms with Gasteiger partial charge in [0, 0.05) is 29.4 Å². The first-order valence-corrected chi connectivity index (χ1v) is 8.72. The molecule has 1 saturated heterocycles. The highest BCUT2D eigenvalue weighted by atomic mass is 32.2. The van der Waals surface area contributed by atoms with E-state index in [1.54, 1.807) is 6.07 Å². The number of nitrogens with two attached hydrogens (primary N) is 1. The third kappa shape index (κ3) is 3.43. The van der Waals surface area contributed by atoms with Gasteiger partial charge in [0.2, 0.25) is 0 Å². The zero-order valence-corrected chi connectivity index (χ0v) is 14.3. The summed E-state index contributed by atoms with van der Waals surface area (Å²) >= 11 is 1.96. The van der Waals surface area contributed by atoms with Crippen LogP contribution < -0.4 is 5.73 Å². The van der Waals surface area contributed by atoms with E-state index in [0.29, 0.717) is 6.54 Å². The molecular formula is C17H27FN2S. The maximum atomic E-state index is 14.1. The van der Waals surface area contributed by atoms with E-state index in [-0.39, 0.29) is 22.8 Å². The quantitative estimate of drug-likeness (QED) is 0.920. The molecule has 1 fully saturated rings. The molecule has 21 heavy (non-hydrogen) atoms. The molecule has 0 aromatic heterocycles. The summed E-state index contributed by atoms with van der Waals surface area (Å²) in [5.41, 5.74) is 7.12. The van der Waals surface area contributed by atoms with Gasteiger partial charge in [-0.3, -0.25) is 4.90 Å². The van der Waals surface area contributed by atoms with Crippen molar-refractivity contribution in [2.45, 2.75) is 38.8 Å². The number of likely N-dealkylation sites (N-methyl/N-ethyl adjacent to an activating group) is 1. The van der Waals surface area contributed by atoms with Crippen LogP contribution in [0.1, 0.15) is 38.8 Å². The van der Waals surface area contributed by atoms with Crippen molar-refractivity contribution in [3.63, 3.8) is 0 Å². The van der Waals surface area contributed by atoms with Gasteiger partial charge >= 0.3 is 0 Å². The molecule has 4 heteroatoms. The Hall–Kier alpha value is -0.580. The molecule has 1 aliphatic heterocycles. The minimum atomic E-state index is -0.133. The topological polar surface area (TPSA) is 29.3 Å². The van der Waals surface area contributed by atoms with Crippen LogP contribution in [0.2, 0.25) is 0 Å². The summed E-state index contributed by atoms with van der Waals surface area (Å²) in [6.45, 7) is 7.27. The number of hydrogen-bond donors (Lipinski definition) is 1. The van der Waals surface area contributed by atoms with E-state index < -0.39 is 0 Å². The molecule has 0 bridgehead atoms. The normalized spacial score (nSPS) is 26.8. The maximum Gasteiger partial charge on any atom is 0.127 e. The molecule has 0 spiro atoms. The molecule has 2 N–H and O–H groups in total. The van der Waals surface area contributed by atoms with Gasteiger partial charge in [-0.2, -0.15) is 11.8 Å². The second-order valence-corrected chi connectivity index (χ2v) is 8.06. The second-order valence-electron chi connectivity index (χ2n) is 7.07. The fraction of sp³-hybridized carbons (Fsp3) is 0.647. The van der Waals surface area contributed by atoms with Gasteiger partial charge in [-0.15, -0.1) is 0 Å². The van der Waals surface area contributed by atoms with Gasteiger partial charge in [-0.25, -0.2) is 4.39 Å². The van der Waals surface area contributed by atoms with Crippen molar-refractivity contribution < 1.29 is 4.39 Å². The van der Waals surface area contributed by atoms with E-state index in [0.717, 1.165) is 23.5 Å². The summed E-state index contributed by atoms with van der Waals surface area (Å²) in [5.74, 6) is 2.05. The average molecular weight is 310 g/mol. The molecule has 1 heterocycles. The molecule has 0 amide bonds. The fourth-order valence-electron chi connectivity index (χ4n) is 3.45. The first kappa shape index (κ1) is 16.8. The van der Waals surface area contributed by atoms with E-state index in [1.165, 1.54) is 6.07 Å². The second kappa shape index (κ2) is 6.27. The van der Waals surface area contributed by atoms with E-state index in [4.69, 9.17) is 5.73 Å². The zero-order chi connectivity index (χ0) is 15.7. The summed E-state index contributed by atoms with van der Waals surface area (Å²) in [5, 5.41) is 0. The summed E-state index contributed by atoms with van der Waals surface area (Å²) in [6, 6.07) is 7.07. The van der Waals surface area contributed by atoms with Gasteiger partial charge in [-0.05, 0) is 37.6 Å². The lowest BCUT2D eigenvalue weighted by Gasteiger charge is -2.51. The fourth-order valence-corrected chi connectivity index (χ4v) is 5.01. The summed E-state index contributed by atoms with van der Waals surface area (Å²) in [4.78, 5) is 2.29. The van der Waals surface area contributed by atoms with Crippen molar-refractivity contribution in [2.75, 3.05) is 25.1 Å². The van der Waals surface area contributed by atoms with E-state index in [1.807, 2.05) is 23.9 Å². The SMILES string of the molecule is CC(c1ccccc1F)N(C)C1(CN)CSCC(C)(C)C1. The van der Waals surface area contributed by atoms with Crippen molar-refractivity contribution in [1.29, 1.82) is 0 Å². The van der Waals surface area contributed by atoms with E-state index >= 15 is 0 Å². The number of nitrogens with zero attached hydrogens (tertiary/aromatic N) is 1. The molecule has 1 aliphatic rings. The number of thioether (sulfide) groups is 1. The minimum Gasteiger partial charge on any atom is -0.329 e. The van der Waals surface area contributed by atoms with Crippen LogP contribution in [0.5, 0.6) is 0 Å². The van der Waals surface area contributed by atoms with Crippen LogP contribution >= 0.6 is 11.8 Å². The van der Waals surface area contributed by atoms with E-state index in [2.05, 4.69) is 32.7 Å². The van der Waals surface area contributed by atoms with Gasteiger partial charge in [0.25, 0.3) is 0 Å². The predicted octanol–water partition coefficient (Wildman–Crippen LogP) is 3.68. The molecule has 0 radical (unpaired) electrons. The standard InChI is InChI=1S/C17H27FN2S/c1-13(14-7-5-6-8-15(14)18)20(4)17(10-19)9-16(2,3)11-21-12-17/h5-8,13H,9-12,19H2,1-4H3. The highest BCUT2D eigenvalue weighted by Gasteiger charge is 2.44. The van der Waals surface area contributed by atoms with Gasteiger partial charge in [0.15, 0.2) is 0 Å². The molecular weight excluding hydrogens is 283 g/mol. The van der Waals surface area contributed by atoms with Gasteiger partial charge in [0.05, 0.1) is 0 Å². The number of hydrogen-bond acceptors (Lipinski definition) is 3. The largest absolute Gasteiger partial charge is 0.329 e. The lowest BCUT2D eigenvalue weighted by molar-refractivity contribution is 0.0595. The van der Waals surface area contributed by atoms with Crippen LogP contribution in [0, 0.1) is 11.2 Å². The van der Waals surface area contributed by atoms with Crippen LogP contribution in [0.15, 0.2) is 24.3 Å². The monoisotopic (exact) mass is 310 g/mol. The van der Waals surface area contributed by atoms with Gasteiger partial charge in [0.1, 0.15) is 5.82 Å². The molecule has 118 valence electrons. The first-order chi connectivity index (χ1) is 9.81. The Morgan fingerprint density at radius 2 is 2.00 bits per heavy atom. The van der Waals surface area contributed by atoms with Gasteiger partial charge < -0.3 is 5.73 Å². The number of halogens is 1. The molecule has 2 atom stereocenters. The highest BCUT2D eigenvalue weighted by molar-refractivity contribution is 7.99. The van der Waals surface area contributed by atoms with Crippen molar-refractivity contribution in [3.05, 3.63) is 35.6 Å². The predicted molar refractivity (Wildman–Crippen MR) is 90.1 cm³/mol. The van der Waals surface area contributed by atoms with Crippen LogP contribution in [0.25, 0.3) is 0 Å². The minimum absolute atomic E-state index is 0.0178. The third-order valence-electron chi connectivity index (χ3n) is 4.74. The molecule has 1 aromatic carbocycles. The molecule has 2 rings (SSSR count). The average Bonchev–Trinajstić information content (AvgIpc) is 2.45. The van der Waals surface area contributed by atoms with Crippen LogP contribution in [-0.2, 0) is 0 Å². The summed E-state index contributed by atoms with van der Waals surface area (Å²) < 4.78 is 14.1. The van der Waals surface area contributed by atoms with Crippen LogP contribution in [-0.4, -0.2) is 35.5 Å². The van der Waals surface area contributed by atoms with Crippen LogP contribution in [0.3, 0.4) is 0 Å². The zero-order valence-electron chi connectivity index (χ0n) is 13.5. The Labute approximate surface area is 132 Å². The van der Waals surface area contributed by atoms with Crippen LogP contribution in [0.4, 0.5) is 4.39 Å². The number of rotatable bonds is 4. The Bertz CT molecular complexity index is 491. The molecule has 2 unspecified atom stereocenters. The first-order valence-electron chi connectivity index (χ1n) is 7.56. The van der Waals surface area contributed by atoms with Crippen molar-refractivity contribution in [1.82, 2.24) is 4.90 Å². The lowest BCUT2D eigenvalue weighted by atomic mass is 9.78. The van der Waals surface area contributed by atoms with Crippen molar-refractivity contribution >= 4 is 11.8 Å². The van der Waals surface area contributed by atoms with Gasteiger partial charge in [-0.1, -0.05) is 32.0 Å². The molecule has 2 nitrogen and oxygen atoms in total. The maximum absolute atomic E-state index is 14.1. The molecule has 0 aliphatic carbocycles. The van der Waals surface area contributed by atoms with E-state index in [9.17, 15) is 4.39 Å². The van der Waals surface area contributed by atoms with Crippen molar-refractivity contribution in [3.8, 4) is 0 Å². The van der Waals surface area contributed by atoms with Crippen molar-refractivity contribution in [2.24, 2.45) is 11.1 Å². The lowest BCUT2D eigenvalue weighted by Crippen LogP contribution is -2.59. The Morgan fingerprint density at radius 3 is 2.57 bits per heavy atom. The summed E-state index contributed by atoms with van der Waals surface area (Å²) in [7, 11) is 2.09. The third-order valence-corrected chi connectivity index (χ3v) is 6.46. The Balaban J connectivity index is 2.28. The highest BCUT2D eigenvalue weighted by Crippen LogP contribution is 2.43. The number of benzene rings is 1. The Kier molecular flexibility index (Phi) is 5.01. The summed E-state index contributed by atoms with van der Waals surface area (Å²) in [6.07, 6.45) is 1.05. The molecule has 0 saturated carbocycles.